The number of benzene rings is 1. The van der Waals surface area contributed by atoms with E-state index in [1.165, 1.54) is 0 Å². The molecule has 5 heteroatoms. The monoisotopic (exact) mass is 298 g/mol. The van der Waals surface area contributed by atoms with Crippen LogP contribution in [0.4, 0.5) is 0 Å². The van der Waals surface area contributed by atoms with E-state index in [2.05, 4.69) is 0 Å². The zero-order valence-corrected chi connectivity index (χ0v) is 12.4. The highest BCUT2D eigenvalue weighted by molar-refractivity contribution is 8.03. The molecule has 19 heavy (non-hydrogen) atoms. The Labute approximate surface area is 119 Å². The Morgan fingerprint density at radius 1 is 1.26 bits per heavy atom. The third kappa shape index (κ3) is 3.84. The van der Waals surface area contributed by atoms with Crippen molar-refractivity contribution in [3.63, 3.8) is 0 Å². The summed E-state index contributed by atoms with van der Waals surface area (Å²) in [7, 11) is -2.55. The molecule has 1 aromatic rings. The minimum absolute atomic E-state index is 0.241. The second kappa shape index (κ2) is 6.59. The number of allylic oxidation sites excluding steroid dienone is 1. The van der Waals surface area contributed by atoms with Gasteiger partial charge in [0.1, 0.15) is 10.7 Å². The van der Waals surface area contributed by atoms with Crippen LogP contribution in [0.5, 0.6) is 0 Å². The van der Waals surface area contributed by atoms with Crippen molar-refractivity contribution in [3.8, 4) is 0 Å². The van der Waals surface area contributed by atoms with Crippen molar-refractivity contribution < 1.29 is 13.5 Å². The van der Waals surface area contributed by atoms with E-state index in [1.807, 2.05) is 36.4 Å². The van der Waals surface area contributed by atoms with Crippen LogP contribution in [0.15, 0.2) is 46.2 Å². The fourth-order valence-electron chi connectivity index (χ4n) is 2.18. The zero-order chi connectivity index (χ0) is 13.8. The average Bonchev–Trinajstić information content (AvgIpc) is 2.53. The first kappa shape index (κ1) is 14.6. The van der Waals surface area contributed by atoms with Crippen molar-refractivity contribution in [3.05, 3.63) is 41.3 Å². The Balaban J connectivity index is 2.22. The molecular weight excluding hydrogens is 280 g/mol. The second-order valence-electron chi connectivity index (χ2n) is 4.79. The maximum Gasteiger partial charge on any atom is 0.146 e. The van der Waals surface area contributed by atoms with Crippen LogP contribution in [0.2, 0.25) is 0 Å². The van der Waals surface area contributed by atoms with Gasteiger partial charge in [-0.1, -0.05) is 43.0 Å². The van der Waals surface area contributed by atoms with Crippen LogP contribution in [0.1, 0.15) is 19.8 Å². The van der Waals surface area contributed by atoms with Gasteiger partial charge in [-0.15, -0.1) is 0 Å². The lowest BCUT2D eigenvalue weighted by Crippen LogP contribution is -2.27. The average molecular weight is 298 g/mol. The Bertz CT molecular complexity index is 515. The molecule has 1 N–H and O–H groups in total. The van der Waals surface area contributed by atoms with Gasteiger partial charge in [-0.3, -0.25) is 0 Å². The van der Waals surface area contributed by atoms with E-state index in [1.54, 1.807) is 18.7 Å². The normalized spacial score (nSPS) is 27.9. The molecular formula is C14H18O3S2. The molecule has 1 aliphatic carbocycles. The van der Waals surface area contributed by atoms with Gasteiger partial charge in [-0.25, -0.2) is 8.42 Å². The van der Waals surface area contributed by atoms with Gasteiger partial charge >= 0.3 is 0 Å². The van der Waals surface area contributed by atoms with Gasteiger partial charge in [0.25, 0.3) is 0 Å². The van der Waals surface area contributed by atoms with Crippen LogP contribution in [-0.4, -0.2) is 24.9 Å². The molecule has 0 amide bonds. The molecule has 0 radical (unpaired) electrons. The van der Waals surface area contributed by atoms with E-state index < -0.39 is 22.1 Å². The van der Waals surface area contributed by atoms with E-state index >= 15 is 0 Å². The zero-order valence-electron chi connectivity index (χ0n) is 10.7. The summed E-state index contributed by atoms with van der Waals surface area (Å²) in [5.74, 6) is -0.241. The van der Waals surface area contributed by atoms with Crippen LogP contribution in [0.3, 0.4) is 0 Å². The Morgan fingerprint density at radius 3 is 2.58 bits per heavy atom. The summed E-state index contributed by atoms with van der Waals surface area (Å²) >= 11 is 1.59. The molecule has 3 nitrogen and oxygen atoms in total. The maximum absolute atomic E-state index is 11.3. The summed E-state index contributed by atoms with van der Waals surface area (Å²) in [6.07, 6.45) is 2.60. The highest BCUT2D eigenvalue weighted by atomic mass is 32.2. The van der Waals surface area contributed by atoms with Gasteiger partial charge in [0.15, 0.2) is 0 Å². The summed E-state index contributed by atoms with van der Waals surface area (Å²) in [6, 6.07) is 9.88. The standard InChI is InChI=1S/C14H18O3S2/c1-10-13(15)8-7-12(9-14(10)19(16)17)18-11-5-3-2-4-6-11/h2-6,9-10,13-15,19H,7-8H2,1H3/t10-,13-,14+/m0/s1. The fourth-order valence-corrected chi connectivity index (χ4v) is 4.20. The van der Waals surface area contributed by atoms with E-state index in [9.17, 15) is 13.5 Å². The van der Waals surface area contributed by atoms with Crippen LogP contribution in [-0.2, 0) is 10.7 Å². The van der Waals surface area contributed by atoms with Crippen LogP contribution in [0, 0.1) is 5.92 Å². The van der Waals surface area contributed by atoms with E-state index in [4.69, 9.17) is 0 Å². The molecule has 0 aliphatic heterocycles. The second-order valence-corrected chi connectivity index (χ2v) is 7.16. The minimum atomic E-state index is -2.55. The topological polar surface area (TPSA) is 54.4 Å². The quantitative estimate of drug-likeness (QED) is 0.842. The number of aliphatic hydroxyl groups excluding tert-OH is 1. The smallest absolute Gasteiger partial charge is 0.146 e. The number of hydrogen-bond acceptors (Lipinski definition) is 4. The van der Waals surface area contributed by atoms with E-state index in [0.29, 0.717) is 6.42 Å². The van der Waals surface area contributed by atoms with Gasteiger partial charge in [0, 0.05) is 10.8 Å². The summed E-state index contributed by atoms with van der Waals surface area (Å²) in [5, 5.41) is 9.38. The number of hydrogen-bond donors (Lipinski definition) is 2. The molecule has 0 spiro atoms. The van der Waals surface area contributed by atoms with Crippen molar-refractivity contribution >= 4 is 22.5 Å². The van der Waals surface area contributed by atoms with Crippen molar-refractivity contribution in [1.29, 1.82) is 0 Å². The third-order valence-electron chi connectivity index (χ3n) is 3.42. The number of aliphatic hydroxyl groups is 1. The van der Waals surface area contributed by atoms with Crippen LogP contribution >= 0.6 is 11.8 Å². The van der Waals surface area contributed by atoms with Crippen molar-refractivity contribution in [2.45, 2.75) is 36.0 Å². The van der Waals surface area contributed by atoms with E-state index in [-0.39, 0.29) is 5.92 Å². The lowest BCUT2D eigenvalue weighted by atomic mass is 10.00. The minimum Gasteiger partial charge on any atom is -0.393 e. The summed E-state index contributed by atoms with van der Waals surface area (Å²) in [5.41, 5.74) is 0. The largest absolute Gasteiger partial charge is 0.393 e. The molecule has 0 bridgehead atoms. The molecule has 1 aromatic carbocycles. The number of rotatable bonds is 3. The fraction of sp³-hybridized carbons (Fsp3) is 0.429. The lowest BCUT2D eigenvalue weighted by Gasteiger charge is -2.18. The summed E-state index contributed by atoms with van der Waals surface area (Å²) in [6.45, 7) is 1.80. The molecule has 3 atom stereocenters. The van der Waals surface area contributed by atoms with Gasteiger partial charge < -0.3 is 5.11 Å². The molecule has 104 valence electrons. The lowest BCUT2D eigenvalue weighted by molar-refractivity contribution is 0.114. The van der Waals surface area contributed by atoms with Gasteiger partial charge in [0.2, 0.25) is 0 Å². The molecule has 0 unspecified atom stereocenters. The Kier molecular flexibility index (Phi) is 5.07. The van der Waals surface area contributed by atoms with Crippen molar-refractivity contribution in [2.24, 2.45) is 5.92 Å². The maximum atomic E-state index is 11.3. The summed E-state index contributed by atoms with van der Waals surface area (Å²) < 4.78 is 22.7. The molecule has 2 rings (SSSR count). The molecule has 0 heterocycles. The predicted molar refractivity (Wildman–Crippen MR) is 78.9 cm³/mol. The molecule has 0 saturated heterocycles. The van der Waals surface area contributed by atoms with Crippen molar-refractivity contribution in [2.75, 3.05) is 0 Å². The predicted octanol–water partition coefficient (Wildman–Crippen LogP) is 2.43. The third-order valence-corrected chi connectivity index (χ3v) is 5.64. The molecule has 0 aromatic heterocycles. The highest BCUT2D eigenvalue weighted by Gasteiger charge is 2.28. The number of thiol groups is 1. The van der Waals surface area contributed by atoms with Crippen molar-refractivity contribution in [1.82, 2.24) is 0 Å². The Hall–Kier alpha value is -0.780. The summed E-state index contributed by atoms with van der Waals surface area (Å²) in [4.78, 5) is 2.12. The van der Waals surface area contributed by atoms with Crippen LogP contribution in [0.25, 0.3) is 0 Å². The first-order valence-electron chi connectivity index (χ1n) is 6.33. The molecule has 1 aliphatic rings. The highest BCUT2D eigenvalue weighted by Crippen LogP contribution is 2.35. The number of thioether (sulfide) groups is 1. The molecule has 0 fully saturated rings. The van der Waals surface area contributed by atoms with E-state index in [0.717, 1.165) is 16.2 Å². The first-order valence-corrected chi connectivity index (χ1v) is 8.39. The first-order chi connectivity index (χ1) is 9.08. The van der Waals surface area contributed by atoms with Gasteiger partial charge in [-0.2, -0.15) is 0 Å². The SMILES string of the molecule is C[C@@H]1[C@H]([SH](=O)=O)C=C(Sc2ccccc2)CC[C@@H]1O. The van der Waals surface area contributed by atoms with Gasteiger partial charge in [-0.05, 0) is 29.9 Å². The molecule has 0 saturated carbocycles. The van der Waals surface area contributed by atoms with Gasteiger partial charge in [0.05, 0.1) is 11.4 Å². The van der Waals surface area contributed by atoms with Crippen LogP contribution < -0.4 is 0 Å². The Morgan fingerprint density at radius 2 is 1.95 bits per heavy atom.